The van der Waals surface area contributed by atoms with Crippen molar-refractivity contribution in [3.63, 3.8) is 0 Å². The molecule has 0 amide bonds. The molecule has 0 saturated carbocycles. The first-order chi connectivity index (χ1) is 5.77. The molecule has 0 atom stereocenters. The highest BCUT2D eigenvalue weighted by Gasteiger charge is 1.98. The van der Waals surface area contributed by atoms with E-state index in [0.717, 1.165) is 15.6 Å². The van der Waals surface area contributed by atoms with Gasteiger partial charge in [-0.05, 0) is 30.7 Å². The Morgan fingerprint density at radius 2 is 2.25 bits per heavy atom. The quantitative estimate of drug-likeness (QED) is 0.727. The van der Waals surface area contributed by atoms with Gasteiger partial charge in [0.1, 0.15) is 0 Å². The van der Waals surface area contributed by atoms with Gasteiger partial charge in [0.2, 0.25) is 0 Å². The fourth-order valence-electron chi connectivity index (χ4n) is 0.950. The SMILES string of the molecule is CC#Cc1ccc(Br)cc1CO. The molecule has 0 aliphatic carbocycles. The van der Waals surface area contributed by atoms with Crippen molar-refractivity contribution >= 4 is 15.9 Å². The lowest BCUT2D eigenvalue weighted by Gasteiger charge is -2.00. The molecular weight excluding hydrogens is 216 g/mol. The molecule has 1 nitrogen and oxygen atoms in total. The Labute approximate surface area is 80.6 Å². The molecule has 2 heteroatoms. The second kappa shape index (κ2) is 4.30. The maximum atomic E-state index is 8.98. The van der Waals surface area contributed by atoms with Gasteiger partial charge in [0.15, 0.2) is 0 Å². The molecule has 0 aliphatic heterocycles. The van der Waals surface area contributed by atoms with Gasteiger partial charge in [0.05, 0.1) is 6.61 Å². The van der Waals surface area contributed by atoms with Gasteiger partial charge in [-0.1, -0.05) is 21.9 Å². The van der Waals surface area contributed by atoms with Crippen molar-refractivity contribution in [3.8, 4) is 11.8 Å². The number of aliphatic hydroxyl groups excluding tert-OH is 1. The molecule has 0 radical (unpaired) electrons. The van der Waals surface area contributed by atoms with E-state index in [0.29, 0.717) is 0 Å². The van der Waals surface area contributed by atoms with Crippen LogP contribution >= 0.6 is 15.9 Å². The second-order valence-corrected chi connectivity index (χ2v) is 3.25. The van der Waals surface area contributed by atoms with E-state index < -0.39 is 0 Å². The Balaban J connectivity index is 3.17. The zero-order valence-electron chi connectivity index (χ0n) is 6.76. The highest BCUT2D eigenvalue weighted by atomic mass is 79.9. The van der Waals surface area contributed by atoms with Crippen LogP contribution in [0.5, 0.6) is 0 Å². The van der Waals surface area contributed by atoms with Crippen LogP contribution in [0.4, 0.5) is 0 Å². The molecule has 62 valence electrons. The molecule has 1 N–H and O–H groups in total. The summed E-state index contributed by atoms with van der Waals surface area (Å²) in [5.41, 5.74) is 1.75. The predicted octanol–water partition coefficient (Wildman–Crippen LogP) is 2.31. The lowest BCUT2D eigenvalue weighted by atomic mass is 10.1. The maximum absolute atomic E-state index is 8.98. The van der Waals surface area contributed by atoms with E-state index in [4.69, 9.17) is 5.11 Å². The van der Waals surface area contributed by atoms with Crippen molar-refractivity contribution in [2.24, 2.45) is 0 Å². The standard InChI is InChI=1S/C10H9BrO/c1-2-3-8-4-5-10(11)6-9(8)7-12/h4-6,12H,7H2,1H3. The van der Waals surface area contributed by atoms with E-state index >= 15 is 0 Å². The number of benzene rings is 1. The molecule has 0 saturated heterocycles. The summed E-state index contributed by atoms with van der Waals surface area (Å²) in [4.78, 5) is 0. The third-order valence-electron chi connectivity index (χ3n) is 1.50. The Bertz CT molecular complexity index is 333. The topological polar surface area (TPSA) is 20.2 Å². The molecule has 0 unspecified atom stereocenters. The third-order valence-corrected chi connectivity index (χ3v) is 1.99. The van der Waals surface area contributed by atoms with Crippen LogP contribution in [0.25, 0.3) is 0 Å². The van der Waals surface area contributed by atoms with Crippen molar-refractivity contribution < 1.29 is 5.11 Å². The summed E-state index contributed by atoms with van der Waals surface area (Å²) >= 11 is 3.33. The van der Waals surface area contributed by atoms with Crippen LogP contribution < -0.4 is 0 Å². The number of aliphatic hydroxyl groups is 1. The first kappa shape index (κ1) is 9.31. The van der Waals surface area contributed by atoms with Crippen molar-refractivity contribution in [1.29, 1.82) is 0 Å². The zero-order valence-corrected chi connectivity index (χ0v) is 8.35. The third kappa shape index (κ3) is 2.10. The highest BCUT2D eigenvalue weighted by Crippen LogP contribution is 2.15. The highest BCUT2D eigenvalue weighted by molar-refractivity contribution is 9.10. The molecule has 1 aromatic carbocycles. The minimum atomic E-state index is 0.0312. The average Bonchev–Trinajstić information content (AvgIpc) is 2.08. The summed E-state index contributed by atoms with van der Waals surface area (Å²) in [6.45, 7) is 1.81. The minimum Gasteiger partial charge on any atom is -0.392 e. The maximum Gasteiger partial charge on any atom is 0.0694 e. The van der Waals surface area contributed by atoms with E-state index in [9.17, 15) is 0 Å². The van der Waals surface area contributed by atoms with Crippen LogP contribution in [0.2, 0.25) is 0 Å². The van der Waals surface area contributed by atoms with Crippen LogP contribution in [0.3, 0.4) is 0 Å². The normalized spacial score (nSPS) is 8.92. The van der Waals surface area contributed by atoms with E-state index in [1.165, 1.54) is 0 Å². The van der Waals surface area contributed by atoms with Gasteiger partial charge in [-0.25, -0.2) is 0 Å². The molecule has 1 rings (SSSR count). The summed E-state index contributed by atoms with van der Waals surface area (Å²) in [5.74, 6) is 5.73. The average molecular weight is 225 g/mol. The summed E-state index contributed by atoms with van der Waals surface area (Å²) < 4.78 is 0.966. The smallest absolute Gasteiger partial charge is 0.0694 e. The number of halogens is 1. The minimum absolute atomic E-state index is 0.0312. The largest absolute Gasteiger partial charge is 0.392 e. The summed E-state index contributed by atoms with van der Waals surface area (Å²) in [6.07, 6.45) is 0. The lowest BCUT2D eigenvalue weighted by molar-refractivity contribution is 0.281. The summed E-state index contributed by atoms with van der Waals surface area (Å²) in [5, 5.41) is 8.98. The molecule has 0 fully saturated rings. The molecular formula is C10H9BrO. The van der Waals surface area contributed by atoms with Gasteiger partial charge < -0.3 is 5.11 Å². The first-order valence-corrected chi connectivity index (χ1v) is 4.39. The van der Waals surface area contributed by atoms with Crippen LogP contribution in [0, 0.1) is 11.8 Å². The Morgan fingerprint density at radius 3 is 2.83 bits per heavy atom. The van der Waals surface area contributed by atoms with Crippen molar-refractivity contribution in [3.05, 3.63) is 33.8 Å². The Morgan fingerprint density at radius 1 is 1.50 bits per heavy atom. The summed E-state index contributed by atoms with van der Waals surface area (Å²) in [7, 11) is 0. The molecule has 0 aliphatic rings. The first-order valence-electron chi connectivity index (χ1n) is 3.60. The molecule has 0 spiro atoms. The zero-order chi connectivity index (χ0) is 8.97. The number of hydrogen-bond donors (Lipinski definition) is 1. The van der Waals surface area contributed by atoms with Crippen LogP contribution in [-0.4, -0.2) is 5.11 Å². The van der Waals surface area contributed by atoms with Gasteiger partial charge in [0, 0.05) is 10.0 Å². The van der Waals surface area contributed by atoms with Crippen LogP contribution in [0.15, 0.2) is 22.7 Å². The van der Waals surface area contributed by atoms with E-state index in [1.54, 1.807) is 6.92 Å². The van der Waals surface area contributed by atoms with E-state index in [1.807, 2.05) is 18.2 Å². The van der Waals surface area contributed by atoms with Crippen molar-refractivity contribution in [2.45, 2.75) is 13.5 Å². The fourth-order valence-corrected chi connectivity index (χ4v) is 1.36. The van der Waals surface area contributed by atoms with Crippen molar-refractivity contribution in [2.75, 3.05) is 0 Å². The van der Waals surface area contributed by atoms with E-state index in [-0.39, 0.29) is 6.61 Å². The van der Waals surface area contributed by atoms with Gasteiger partial charge in [-0.15, -0.1) is 5.92 Å². The van der Waals surface area contributed by atoms with Gasteiger partial charge in [-0.2, -0.15) is 0 Å². The van der Waals surface area contributed by atoms with Crippen molar-refractivity contribution in [1.82, 2.24) is 0 Å². The Kier molecular flexibility index (Phi) is 3.33. The van der Waals surface area contributed by atoms with Gasteiger partial charge in [-0.3, -0.25) is 0 Å². The molecule has 0 aromatic heterocycles. The molecule has 0 bridgehead atoms. The lowest BCUT2D eigenvalue weighted by Crippen LogP contribution is -1.88. The fraction of sp³-hybridized carbons (Fsp3) is 0.200. The predicted molar refractivity (Wildman–Crippen MR) is 52.6 cm³/mol. The molecule has 1 aromatic rings. The Hall–Kier alpha value is -0.780. The van der Waals surface area contributed by atoms with Gasteiger partial charge >= 0.3 is 0 Å². The monoisotopic (exact) mass is 224 g/mol. The van der Waals surface area contributed by atoms with Gasteiger partial charge in [0.25, 0.3) is 0 Å². The molecule has 0 heterocycles. The summed E-state index contributed by atoms with van der Waals surface area (Å²) in [6, 6.07) is 5.69. The van der Waals surface area contributed by atoms with E-state index in [2.05, 4.69) is 27.8 Å². The van der Waals surface area contributed by atoms with Crippen LogP contribution in [-0.2, 0) is 6.61 Å². The second-order valence-electron chi connectivity index (χ2n) is 2.33. The number of hydrogen-bond acceptors (Lipinski definition) is 1. The van der Waals surface area contributed by atoms with Crippen LogP contribution in [0.1, 0.15) is 18.1 Å². The molecule has 12 heavy (non-hydrogen) atoms. The number of rotatable bonds is 1.